The van der Waals surface area contributed by atoms with E-state index in [0.717, 1.165) is 32.2 Å². The molecule has 4 heteroatoms. The molecule has 1 aliphatic heterocycles. The summed E-state index contributed by atoms with van der Waals surface area (Å²) in [5.74, 6) is -0.179. The number of carbonyl (C=O) groups excluding carboxylic acids is 1. The molecule has 0 bridgehead atoms. The highest BCUT2D eigenvalue weighted by Gasteiger charge is 2.38. The third-order valence-corrected chi connectivity index (χ3v) is 3.58. The zero-order chi connectivity index (χ0) is 10.1. The Kier molecular flexibility index (Phi) is 2.74. The zero-order valence-corrected chi connectivity index (χ0v) is 8.48. The smallest absolute Gasteiger partial charge is 0.234 e. The van der Waals surface area contributed by atoms with Crippen LogP contribution in [-0.4, -0.2) is 35.5 Å². The number of amides is 1. The second-order valence-corrected chi connectivity index (χ2v) is 4.46. The molecule has 1 aliphatic carbocycles. The van der Waals surface area contributed by atoms with E-state index in [1.807, 2.05) is 0 Å². The highest BCUT2D eigenvalue weighted by molar-refractivity contribution is 5.80. The van der Waals surface area contributed by atoms with Gasteiger partial charge in [-0.25, -0.2) is 0 Å². The van der Waals surface area contributed by atoms with Crippen LogP contribution in [0.25, 0.3) is 0 Å². The third kappa shape index (κ3) is 1.64. The van der Waals surface area contributed by atoms with E-state index in [9.17, 15) is 4.79 Å². The molecule has 0 radical (unpaired) electrons. The monoisotopic (exact) mass is 197 g/mol. The highest BCUT2D eigenvalue weighted by Crippen LogP contribution is 2.29. The number of hydrogen-bond donors (Lipinski definition) is 2. The van der Waals surface area contributed by atoms with Crippen LogP contribution < -0.4 is 11.5 Å². The molecule has 1 saturated heterocycles. The lowest BCUT2D eigenvalue weighted by Gasteiger charge is -2.31. The van der Waals surface area contributed by atoms with Gasteiger partial charge in [0.25, 0.3) is 0 Å². The number of nitrogens with zero attached hydrogens (tertiary/aromatic N) is 1. The van der Waals surface area contributed by atoms with Crippen LogP contribution in [0.2, 0.25) is 0 Å². The van der Waals surface area contributed by atoms with E-state index in [0.29, 0.717) is 6.04 Å². The predicted molar refractivity (Wildman–Crippen MR) is 54.5 cm³/mol. The van der Waals surface area contributed by atoms with Gasteiger partial charge in [0.05, 0.1) is 6.04 Å². The van der Waals surface area contributed by atoms with Crippen molar-refractivity contribution in [3.63, 3.8) is 0 Å². The summed E-state index contributed by atoms with van der Waals surface area (Å²) in [7, 11) is 0. The molecule has 1 saturated carbocycles. The van der Waals surface area contributed by atoms with Gasteiger partial charge in [-0.2, -0.15) is 0 Å². The van der Waals surface area contributed by atoms with E-state index in [1.54, 1.807) is 0 Å². The molecule has 80 valence electrons. The summed E-state index contributed by atoms with van der Waals surface area (Å²) < 4.78 is 0. The molecule has 2 fully saturated rings. The van der Waals surface area contributed by atoms with Gasteiger partial charge in [-0.3, -0.25) is 9.69 Å². The van der Waals surface area contributed by atoms with E-state index < -0.39 is 0 Å². The SMILES string of the molecule is NC(=O)C1CCCN1C1CCCC1N. The number of carbonyl (C=O) groups is 1. The molecule has 4 N–H and O–H groups in total. The number of rotatable bonds is 2. The summed E-state index contributed by atoms with van der Waals surface area (Å²) in [4.78, 5) is 13.5. The first kappa shape index (κ1) is 9.93. The summed E-state index contributed by atoms with van der Waals surface area (Å²) >= 11 is 0. The lowest BCUT2D eigenvalue weighted by atomic mass is 10.1. The van der Waals surface area contributed by atoms with Crippen molar-refractivity contribution in [1.82, 2.24) is 4.90 Å². The molecule has 0 spiro atoms. The first-order valence-electron chi connectivity index (χ1n) is 5.51. The Morgan fingerprint density at radius 2 is 2.00 bits per heavy atom. The molecule has 0 aromatic rings. The van der Waals surface area contributed by atoms with Gasteiger partial charge in [0, 0.05) is 12.1 Å². The Morgan fingerprint density at radius 1 is 1.21 bits per heavy atom. The van der Waals surface area contributed by atoms with E-state index in [1.165, 1.54) is 6.42 Å². The molecule has 3 unspecified atom stereocenters. The number of nitrogens with two attached hydrogens (primary N) is 2. The second-order valence-electron chi connectivity index (χ2n) is 4.46. The van der Waals surface area contributed by atoms with Crippen molar-refractivity contribution in [3.8, 4) is 0 Å². The minimum Gasteiger partial charge on any atom is -0.368 e. The maximum absolute atomic E-state index is 11.2. The first-order valence-corrected chi connectivity index (χ1v) is 5.51. The largest absolute Gasteiger partial charge is 0.368 e. The molecular formula is C10H19N3O. The Morgan fingerprint density at radius 3 is 2.57 bits per heavy atom. The maximum Gasteiger partial charge on any atom is 0.234 e. The normalized spacial score (nSPS) is 39.1. The Bertz CT molecular complexity index is 231. The zero-order valence-electron chi connectivity index (χ0n) is 8.48. The van der Waals surface area contributed by atoms with E-state index in [4.69, 9.17) is 11.5 Å². The predicted octanol–water partition coefficient (Wildman–Crippen LogP) is -0.184. The van der Waals surface area contributed by atoms with Crippen molar-refractivity contribution < 1.29 is 4.79 Å². The van der Waals surface area contributed by atoms with Crippen molar-refractivity contribution in [2.45, 2.75) is 50.2 Å². The van der Waals surface area contributed by atoms with Crippen LogP contribution in [0.4, 0.5) is 0 Å². The molecule has 2 aliphatic rings. The molecule has 0 aromatic carbocycles. The number of hydrogen-bond acceptors (Lipinski definition) is 3. The van der Waals surface area contributed by atoms with Crippen LogP contribution in [-0.2, 0) is 4.79 Å². The quantitative estimate of drug-likeness (QED) is 0.645. The van der Waals surface area contributed by atoms with E-state index in [2.05, 4.69) is 4.90 Å². The van der Waals surface area contributed by atoms with Gasteiger partial charge in [0.2, 0.25) is 5.91 Å². The summed E-state index contributed by atoms with van der Waals surface area (Å²) in [5, 5.41) is 0. The fourth-order valence-electron chi connectivity index (χ4n) is 2.87. The minimum absolute atomic E-state index is 0.0517. The van der Waals surface area contributed by atoms with Crippen molar-refractivity contribution in [1.29, 1.82) is 0 Å². The second kappa shape index (κ2) is 3.87. The first-order chi connectivity index (χ1) is 6.70. The fraction of sp³-hybridized carbons (Fsp3) is 0.900. The van der Waals surface area contributed by atoms with E-state index in [-0.39, 0.29) is 18.0 Å². The summed E-state index contributed by atoms with van der Waals surface area (Å²) in [6.45, 7) is 0.992. The molecule has 1 heterocycles. The van der Waals surface area contributed by atoms with E-state index >= 15 is 0 Å². The van der Waals surface area contributed by atoms with Crippen molar-refractivity contribution in [3.05, 3.63) is 0 Å². The van der Waals surface area contributed by atoms with Gasteiger partial charge in [-0.1, -0.05) is 6.42 Å². The van der Waals surface area contributed by atoms with Gasteiger partial charge in [-0.05, 0) is 32.2 Å². The highest BCUT2D eigenvalue weighted by atomic mass is 16.1. The summed E-state index contributed by atoms with van der Waals surface area (Å²) in [5.41, 5.74) is 11.4. The summed E-state index contributed by atoms with van der Waals surface area (Å²) in [6.07, 6.45) is 5.40. The lowest BCUT2D eigenvalue weighted by Crippen LogP contribution is -2.50. The Labute approximate surface area is 84.6 Å². The Hall–Kier alpha value is -0.610. The molecule has 1 amide bonds. The average molecular weight is 197 g/mol. The van der Waals surface area contributed by atoms with Crippen LogP contribution in [0.1, 0.15) is 32.1 Å². The van der Waals surface area contributed by atoms with Crippen LogP contribution in [0, 0.1) is 0 Å². The number of likely N-dealkylation sites (tertiary alicyclic amines) is 1. The fourth-order valence-corrected chi connectivity index (χ4v) is 2.87. The van der Waals surface area contributed by atoms with Crippen LogP contribution in [0.3, 0.4) is 0 Å². The van der Waals surface area contributed by atoms with Crippen LogP contribution >= 0.6 is 0 Å². The Balaban J connectivity index is 2.05. The van der Waals surface area contributed by atoms with Crippen molar-refractivity contribution >= 4 is 5.91 Å². The van der Waals surface area contributed by atoms with Crippen molar-refractivity contribution in [2.24, 2.45) is 11.5 Å². The van der Waals surface area contributed by atoms with Gasteiger partial charge in [0.15, 0.2) is 0 Å². The molecular weight excluding hydrogens is 178 g/mol. The van der Waals surface area contributed by atoms with Gasteiger partial charge < -0.3 is 11.5 Å². The number of primary amides is 1. The molecule has 14 heavy (non-hydrogen) atoms. The molecule has 2 rings (SSSR count). The van der Waals surface area contributed by atoms with Gasteiger partial charge >= 0.3 is 0 Å². The third-order valence-electron chi connectivity index (χ3n) is 3.58. The molecule has 4 nitrogen and oxygen atoms in total. The summed E-state index contributed by atoms with van der Waals surface area (Å²) in [6, 6.07) is 0.592. The topological polar surface area (TPSA) is 72.4 Å². The standard InChI is InChI=1S/C10H19N3O/c11-7-3-1-4-8(7)13-6-2-5-9(13)10(12)14/h7-9H,1-6,11H2,(H2,12,14). The lowest BCUT2D eigenvalue weighted by molar-refractivity contribution is -0.123. The molecule has 0 aromatic heterocycles. The minimum atomic E-state index is -0.179. The van der Waals surface area contributed by atoms with Gasteiger partial charge in [-0.15, -0.1) is 0 Å². The maximum atomic E-state index is 11.2. The van der Waals surface area contributed by atoms with Crippen molar-refractivity contribution in [2.75, 3.05) is 6.54 Å². The van der Waals surface area contributed by atoms with Gasteiger partial charge in [0.1, 0.15) is 0 Å². The van der Waals surface area contributed by atoms with Crippen LogP contribution in [0.5, 0.6) is 0 Å². The average Bonchev–Trinajstić information content (AvgIpc) is 2.70. The van der Waals surface area contributed by atoms with Crippen LogP contribution in [0.15, 0.2) is 0 Å². The molecule has 3 atom stereocenters.